The first-order chi connectivity index (χ1) is 15.1. The molecule has 160 valence electrons. The monoisotopic (exact) mass is 416 g/mol. The van der Waals surface area contributed by atoms with E-state index in [-0.39, 0.29) is 10.4 Å². The zero-order chi connectivity index (χ0) is 21.7. The van der Waals surface area contributed by atoms with Gasteiger partial charge in [-0.2, -0.15) is 0 Å². The zero-order valence-electron chi connectivity index (χ0n) is 17.8. The number of nitrogens with zero attached hydrogens (tertiary/aromatic N) is 2. The molecule has 5 heteroatoms. The standard InChI is InChI=1S/C26H29N3O2/c27-26(31)24-16-10-20-29(24,23-15-6-5-14-22(23)28-18-8-9-19-28)25(30)17-7-4-13-21-11-2-1-3-12-21/h1-3,5-6,8-9,11-12,14-15,18-19,24H,4,7,10,13,16-17,20H2,(H-,27,31)/p+1/t24-,29?/m0/s1. The van der Waals surface area contributed by atoms with Crippen LogP contribution in [-0.2, 0) is 16.0 Å². The van der Waals surface area contributed by atoms with Gasteiger partial charge in [-0.05, 0) is 43.0 Å². The first-order valence-corrected chi connectivity index (χ1v) is 11.1. The first-order valence-electron chi connectivity index (χ1n) is 11.1. The van der Waals surface area contributed by atoms with Gasteiger partial charge in [0, 0.05) is 31.3 Å². The van der Waals surface area contributed by atoms with Crippen molar-refractivity contribution in [3.05, 3.63) is 84.7 Å². The minimum atomic E-state index is -0.515. The highest BCUT2D eigenvalue weighted by Crippen LogP contribution is 2.40. The van der Waals surface area contributed by atoms with Crippen LogP contribution < -0.4 is 10.2 Å². The van der Waals surface area contributed by atoms with E-state index in [1.807, 2.05) is 71.6 Å². The minimum Gasteiger partial charge on any atom is -0.364 e. The van der Waals surface area contributed by atoms with E-state index in [9.17, 15) is 9.59 Å². The molecule has 0 spiro atoms. The van der Waals surface area contributed by atoms with Crippen molar-refractivity contribution in [1.29, 1.82) is 0 Å². The van der Waals surface area contributed by atoms with Crippen molar-refractivity contribution in [2.24, 2.45) is 5.73 Å². The Labute approximate surface area is 183 Å². The van der Waals surface area contributed by atoms with E-state index in [1.54, 1.807) is 0 Å². The van der Waals surface area contributed by atoms with E-state index in [2.05, 4.69) is 12.1 Å². The molecule has 1 aromatic heterocycles. The summed E-state index contributed by atoms with van der Waals surface area (Å²) < 4.78 is 2.05. The van der Waals surface area contributed by atoms with Gasteiger partial charge in [-0.15, -0.1) is 0 Å². The number of benzene rings is 2. The van der Waals surface area contributed by atoms with E-state index in [0.29, 0.717) is 19.4 Å². The molecule has 2 atom stereocenters. The Hall–Kier alpha value is -3.18. The number of unbranched alkanes of at least 4 members (excludes halogenated alkanes) is 1. The van der Waals surface area contributed by atoms with E-state index in [0.717, 1.165) is 37.1 Å². The number of carbonyl (C=O) groups excluding carboxylic acids is 2. The molecule has 2 N–H and O–H groups in total. The van der Waals surface area contributed by atoms with Gasteiger partial charge in [0.15, 0.2) is 11.7 Å². The molecule has 31 heavy (non-hydrogen) atoms. The predicted molar refractivity (Wildman–Crippen MR) is 124 cm³/mol. The SMILES string of the molecule is NC(=O)[C@@H]1CCC[N+]1(C(=O)CCCCc1ccccc1)c1ccccc1-n1cccc1. The lowest BCUT2D eigenvalue weighted by molar-refractivity contribution is -0.136. The summed E-state index contributed by atoms with van der Waals surface area (Å²) in [5.41, 5.74) is 8.92. The topological polar surface area (TPSA) is 65.1 Å². The Morgan fingerprint density at radius 3 is 2.39 bits per heavy atom. The van der Waals surface area contributed by atoms with Crippen LogP contribution in [0.3, 0.4) is 0 Å². The number of aromatic nitrogens is 1. The molecule has 1 aliphatic heterocycles. The molecule has 2 heterocycles. The Kier molecular flexibility index (Phi) is 6.33. The fourth-order valence-corrected chi connectivity index (χ4v) is 4.96. The van der Waals surface area contributed by atoms with Gasteiger partial charge in [-0.1, -0.05) is 42.5 Å². The third kappa shape index (κ3) is 4.19. The molecule has 0 radical (unpaired) electrons. The minimum absolute atomic E-state index is 0.0367. The van der Waals surface area contributed by atoms with Crippen molar-refractivity contribution in [3.8, 4) is 5.69 Å². The lowest BCUT2D eigenvalue weighted by Gasteiger charge is -2.37. The second-order valence-corrected chi connectivity index (χ2v) is 8.32. The van der Waals surface area contributed by atoms with Crippen molar-refractivity contribution >= 4 is 17.5 Å². The molecule has 2 amide bonds. The summed E-state index contributed by atoms with van der Waals surface area (Å²) in [4.78, 5) is 26.2. The van der Waals surface area contributed by atoms with Gasteiger partial charge in [-0.25, -0.2) is 9.28 Å². The summed E-state index contributed by atoms with van der Waals surface area (Å²) in [7, 11) is 0. The van der Waals surface area contributed by atoms with Gasteiger partial charge in [0.2, 0.25) is 0 Å². The number of amides is 2. The number of hydrogen-bond donors (Lipinski definition) is 1. The highest BCUT2D eigenvalue weighted by molar-refractivity contribution is 5.98. The van der Waals surface area contributed by atoms with Crippen molar-refractivity contribution in [2.45, 2.75) is 44.6 Å². The van der Waals surface area contributed by atoms with Gasteiger partial charge >= 0.3 is 5.91 Å². The quantitative estimate of drug-likeness (QED) is 0.438. The van der Waals surface area contributed by atoms with Crippen molar-refractivity contribution in [3.63, 3.8) is 0 Å². The molecule has 5 nitrogen and oxygen atoms in total. The number of carbonyl (C=O) groups is 2. The van der Waals surface area contributed by atoms with E-state index >= 15 is 0 Å². The number of para-hydroxylation sites is 2. The van der Waals surface area contributed by atoms with Crippen molar-refractivity contribution in [2.75, 3.05) is 6.54 Å². The highest BCUT2D eigenvalue weighted by atomic mass is 16.2. The lowest BCUT2D eigenvalue weighted by atomic mass is 10.0. The molecule has 0 saturated carbocycles. The number of primary amides is 1. The second kappa shape index (κ2) is 9.31. The maximum atomic E-state index is 13.8. The third-order valence-corrected chi connectivity index (χ3v) is 6.44. The van der Waals surface area contributed by atoms with Gasteiger partial charge in [0.05, 0.1) is 13.0 Å². The summed E-state index contributed by atoms with van der Waals surface area (Å²) in [6.45, 7) is 0.614. The van der Waals surface area contributed by atoms with Gasteiger partial charge < -0.3 is 10.3 Å². The summed E-state index contributed by atoms with van der Waals surface area (Å²) >= 11 is 0. The maximum absolute atomic E-state index is 13.8. The molecule has 1 aliphatic rings. The van der Waals surface area contributed by atoms with E-state index in [1.165, 1.54) is 5.56 Å². The fraction of sp³-hybridized carbons (Fsp3) is 0.308. The van der Waals surface area contributed by atoms with Crippen LogP contribution in [0.5, 0.6) is 0 Å². The Balaban J connectivity index is 1.61. The first kappa shape index (κ1) is 21.1. The average molecular weight is 417 g/mol. The van der Waals surface area contributed by atoms with E-state index < -0.39 is 11.9 Å². The van der Waals surface area contributed by atoms with Crippen LogP contribution >= 0.6 is 0 Å². The largest absolute Gasteiger partial charge is 0.364 e. The third-order valence-electron chi connectivity index (χ3n) is 6.44. The van der Waals surface area contributed by atoms with Crippen molar-refractivity contribution < 1.29 is 9.59 Å². The summed E-state index contributed by atoms with van der Waals surface area (Å²) in [5.74, 6) is -0.300. The predicted octanol–water partition coefficient (Wildman–Crippen LogP) is 4.37. The van der Waals surface area contributed by atoms with E-state index in [4.69, 9.17) is 5.73 Å². The molecule has 3 aromatic rings. The Morgan fingerprint density at radius 1 is 0.935 bits per heavy atom. The normalized spacial score (nSPS) is 20.6. The van der Waals surface area contributed by atoms with Crippen LogP contribution in [0.1, 0.15) is 37.7 Å². The number of likely N-dealkylation sites (tertiary alicyclic amines) is 1. The van der Waals surface area contributed by atoms with Gasteiger partial charge in [0.25, 0.3) is 5.91 Å². The van der Waals surface area contributed by atoms with Crippen molar-refractivity contribution in [1.82, 2.24) is 9.05 Å². The maximum Gasteiger partial charge on any atom is 0.319 e. The molecule has 0 bridgehead atoms. The number of quaternary nitrogens is 1. The lowest BCUT2D eigenvalue weighted by Crippen LogP contribution is -2.62. The average Bonchev–Trinajstić information content (AvgIpc) is 3.48. The van der Waals surface area contributed by atoms with Gasteiger partial charge in [0.1, 0.15) is 5.69 Å². The fourth-order valence-electron chi connectivity index (χ4n) is 4.96. The molecule has 1 fully saturated rings. The highest BCUT2D eigenvalue weighted by Gasteiger charge is 2.53. The van der Waals surface area contributed by atoms with Gasteiger partial charge in [-0.3, -0.25) is 4.79 Å². The molecule has 1 saturated heterocycles. The molecular weight excluding hydrogens is 386 g/mol. The Morgan fingerprint density at radius 2 is 1.65 bits per heavy atom. The molecule has 0 aliphatic carbocycles. The summed E-state index contributed by atoms with van der Waals surface area (Å²) in [6.07, 6.45) is 8.52. The Bertz CT molecular complexity index is 1030. The van der Waals surface area contributed by atoms with Crippen LogP contribution in [0.2, 0.25) is 0 Å². The van der Waals surface area contributed by atoms with Crippen LogP contribution in [0, 0.1) is 0 Å². The van der Waals surface area contributed by atoms with Crippen LogP contribution in [0.25, 0.3) is 5.69 Å². The number of hydrogen-bond acceptors (Lipinski definition) is 2. The molecule has 2 aromatic carbocycles. The number of rotatable bonds is 8. The molecule has 4 rings (SSSR count). The summed E-state index contributed by atoms with van der Waals surface area (Å²) in [6, 6.07) is 21.6. The molecular formula is C26H30N3O2+. The zero-order valence-corrected chi connectivity index (χ0v) is 17.8. The second-order valence-electron chi connectivity index (χ2n) is 8.32. The number of aryl methyl sites for hydroxylation is 1. The van der Waals surface area contributed by atoms with Crippen LogP contribution in [0.4, 0.5) is 5.69 Å². The number of nitrogens with two attached hydrogens (primary N) is 1. The van der Waals surface area contributed by atoms with Crippen LogP contribution in [0.15, 0.2) is 79.1 Å². The molecule has 1 unspecified atom stereocenters. The smallest absolute Gasteiger partial charge is 0.319 e. The van der Waals surface area contributed by atoms with Crippen LogP contribution in [-0.4, -0.2) is 29.0 Å². The summed E-state index contributed by atoms with van der Waals surface area (Å²) in [5, 5.41) is 0.